The quantitative estimate of drug-likeness (QED) is 0.574. The van der Waals surface area contributed by atoms with Crippen LogP contribution in [0.5, 0.6) is 0 Å². The maximum atomic E-state index is 11.9. The van der Waals surface area contributed by atoms with Gasteiger partial charge in [0.1, 0.15) is 11.3 Å². The first-order valence-corrected chi connectivity index (χ1v) is 4.54. The summed E-state index contributed by atoms with van der Waals surface area (Å²) in [5, 5.41) is 0. The standard InChI is InChI=1S/C9H12N4O2/c1-5-10-6-7(11(5)2)9(15)13(4)12(3)8(6)14/h1-4H3. The predicted octanol–water partition coefficient (Wildman–Crippen LogP) is -0.721. The fourth-order valence-corrected chi connectivity index (χ4v) is 1.58. The van der Waals surface area contributed by atoms with Gasteiger partial charge in [0.15, 0.2) is 5.52 Å². The van der Waals surface area contributed by atoms with Gasteiger partial charge in [0, 0.05) is 21.1 Å². The molecule has 0 saturated carbocycles. The van der Waals surface area contributed by atoms with Crippen molar-refractivity contribution in [3.8, 4) is 0 Å². The van der Waals surface area contributed by atoms with Crippen LogP contribution < -0.4 is 11.1 Å². The number of aromatic nitrogens is 4. The van der Waals surface area contributed by atoms with E-state index >= 15 is 0 Å². The van der Waals surface area contributed by atoms with Crippen LogP contribution in [-0.2, 0) is 21.1 Å². The molecular weight excluding hydrogens is 196 g/mol. The van der Waals surface area contributed by atoms with Crippen molar-refractivity contribution < 1.29 is 0 Å². The Morgan fingerprint density at radius 2 is 1.53 bits per heavy atom. The molecule has 6 nitrogen and oxygen atoms in total. The monoisotopic (exact) mass is 208 g/mol. The number of imidazole rings is 1. The number of fused-ring (bicyclic) bond motifs is 1. The van der Waals surface area contributed by atoms with E-state index in [4.69, 9.17) is 0 Å². The molecule has 0 aliphatic carbocycles. The average molecular weight is 208 g/mol. The molecule has 0 radical (unpaired) electrons. The third-order valence-corrected chi connectivity index (χ3v) is 2.76. The summed E-state index contributed by atoms with van der Waals surface area (Å²) in [6.45, 7) is 1.76. The Morgan fingerprint density at radius 3 is 2.13 bits per heavy atom. The molecule has 80 valence electrons. The van der Waals surface area contributed by atoms with Crippen LogP contribution >= 0.6 is 0 Å². The van der Waals surface area contributed by atoms with E-state index in [-0.39, 0.29) is 16.6 Å². The lowest BCUT2D eigenvalue weighted by Crippen LogP contribution is -2.35. The molecule has 2 aromatic heterocycles. The minimum atomic E-state index is -0.254. The summed E-state index contributed by atoms with van der Waals surface area (Å²) in [4.78, 5) is 27.8. The minimum Gasteiger partial charge on any atom is -0.327 e. The summed E-state index contributed by atoms with van der Waals surface area (Å²) in [6.07, 6.45) is 0. The molecule has 0 N–H and O–H groups in total. The van der Waals surface area contributed by atoms with Crippen molar-refractivity contribution in [2.24, 2.45) is 21.1 Å². The summed E-state index contributed by atoms with van der Waals surface area (Å²) in [5.41, 5.74) is 0.129. The molecule has 2 rings (SSSR count). The summed E-state index contributed by atoms with van der Waals surface area (Å²) < 4.78 is 4.18. The van der Waals surface area contributed by atoms with E-state index in [2.05, 4.69) is 4.98 Å². The SMILES string of the molecule is Cc1nc2c(=O)n(C)n(C)c(=O)c2n1C. The van der Waals surface area contributed by atoms with E-state index in [1.165, 1.54) is 9.36 Å². The molecule has 0 amide bonds. The van der Waals surface area contributed by atoms with Crippen molar-refractivity contribution in [2.45, 2.75) is 6.92 Å². The van der Waals surface area contributed by atoms with Crippen molar-refractivity contribution >= 4 is 11.0 Å². The average Bonchev–Trinajstić information content (AvgIpc) is 2.50. The highest BCUT2D eigenvalue weighted by Crippen LogP contribution is 2.04. The Bertz CT molecular complexity index is 659. The number of rotatable bonds is 0. The van der Waals surface area contributed by atoms with Gasteiger partial charge in [-0.25, -0.2) is 14.3 Å². The second kappa shape index (κ2) is 2.82. The maximum absolute atomic E-state index is 11.9. The number of hydrogen-bond donors (Lipinski definition) is 0. The van der Waals surface area contributed by atoms with Gasteiger partial charge < -0.3 is 4.57 Å². The molecule has 15 heavy (non-hydrogen) atoms. The molecule has 6 heteroatoms. The molecule has 0 fully saturated rings. The fraction of sp³-hybridized carbons (Fsp3) is 0.444. The third-order valence-electron chi connectivity index (χ3n) is 2.76. The molecule has 0 spiro atoms. The lowest BCUT2D eigenvalue weighted by molar-refractivity contribution is 0.540. The first-order chi connectivity index (χ1) is 6.95. The van der Waals surface area contributed by atoms with Gasteiger partial charge in [0.25, 0.3) is 11.1 Å². The normalized spacial score (nSPS) is 11.2. The van der Waals surface area contributed by atoms with Gasteiger partial charge in [-0.15, -0.1) is 0 Å². The van der Waals surface area contributed by atoms with E-state index in [1.54, 1.807) is 32.6 Å². The van der Waals surface area contributed by atoms with Gasteiger partial charge in [-0.3, -0.25) is 9.59 Å². The summed E-state index contributed by atoms with van der Waals surface area (Å²) in [6, 6.07) is 0. The van der Waals surface area contributed by atoms with Crippen LogP contribution in [0.15, 0.2) is 9.59 Å². The Kier molecular flexibility index (Phi) is 1.82. The Balaban J connectivity index is 3.23. The lowest BCUT2D eigenvalue weighted by Gasteiger charge is -2.05. The van der Waals surface area contributed by atoms with Gasteiger partial charge in [-0.05, 0) is 6.92 Å². The molecule has 0 bridgehead atoms. The second-order valence-electron chi connectivity index (χ2n) is 3.57. The van der Waals surface area contributed by atoms with Crippen molar-refractivity contribution in [1.29, 1.82) is 0 Å². The summed E-state index contributed by atoms with van der Waals surface area (Å²) in [7, 11) is 4.84. The molecule has 0 aliphatic rings. The van der Waals surface area contributed by atoms with Crippen molar-refractivity contribution in [3.63, 3.8) is 0 Å². The molecule has 2 heterocycles. The number of aryl methyl sites for hydroxylation is 2. The Morgan fingerprint density at radius 1 is 1.00 bits per heavy atom. The van der Waals surface area contributed by atoms with Crippen LogP contribution in [0.3, 0.4) is 0 Å². The van der Waals surface area contributed by atoms with Crippen LogP contribution in [0.2, 0.25) is 0 Å². The second-order valence-corrected chi connectivity index (χ2v) is 3.57. The van der Waals surface area contributed by atoms with E-state index in [0.29, 0.717) is 11.3 Å². The highest BCUT2D eigenvalue weighted by Gasteiger charge is 2.14. The summed E-state index contributed by atoms with van der Waals surface area (Å²) in [5.74, 6) is 0.658. The molecular formula is C9H12N4O2. The number of hydrogen-bond acceptors (Lipinski definition) is 3. The zero-order valence-corrected chi connectivity index (χ0v) is 9.11. The van der Waals surface area contributed by atoms with Gasteiger partial charge in [0.2, 0.25) is 0 Å². The first kappa shape index (κ1) is 9.70. The van der Waals surface area contributed by atoms with E-state index < -0.39 is 0 Å². The van der Waals surface area contributed by atoms with Crippen molar-refractivity contribution in [1.82, 2.24) is 18.9 Å². The maximum Gasteiger partial charge on any atom is 0.293 e. The highest BCUT2D eigenvalue weighted by atomic mass is 16.2. The molecule has 0 atom stereocenters. The molecule has 0 unspecified atom stereocenters. The highest BCUT2D eigenvalue weighted by molar-refractivity contribution is 5.73. The van der Waals surface area contributed by atoms with Gasteiger partial charge in [0.05, 0.1) is 0 Å². The van der Waals surface area contributed by atoms with E-state index in [0.717, 1.165) is 0 Å². The largest absolute Gasteiger partial charge is 0.327 e. The lowest BCUT2D eigenvalue weighted by atomic mass is 10.4. The summed E-state index contributed by atoms with van der Waals surface area (Å²) >= 11 is 0. The van der Waals surface area contributed by atoms with Gasteiger partial charge in [-0.2, -0.15) is 0 Å². The van der Waals surface area contributed by atoms with E-state index in [9.17, 15) is 9.59 Å². The molecule has 0 aromatic carbocycles. The van der Waals surface area contributed by atoms with Crippen LogP contribution in [0, 0.1) is 6.92 Å². The smallest absolute Gasteiger partial charge is 0.293 e. The molecule has 0 aliphatic heterocycles. The van der Waals surface area contributed by atoms with Gasteiger partial charge in [-0.1, -0.05) is 0 Å². The number of nitrogens with zero attached hydrogens (tertiary/aromatic N) is 4. The van der Waals surface area contributed by atoms with Crippen LogP contribution in [0.4, 0.5) is 0 Å². The fourth-order valence-electron chi connectivity index (χ4n) is 1.58. The zero-order valence-electron chi connectivity index (χ0n) is 9.11. The van der Waals surface area contributed by atoms with Gasteiger partial charge >= 0.3 is 0 Å². The van der Waals surface area contributed by atoms with Crippen molar-refractivity contribution in [2.75, 3.05) is 0 Å². The minimum absolute atomic E-state index is 0.213. The van der Waals surface area contributed by atoms with Crippen LogP contribution in [0.25, 0.3) is 11.0 Å². The molecule has 0 saturated heterocycles. The van der Waals surface area contributed by atoms with Crippen LogP contribution in [-0.4, -0.2) is 18.9 Å². The third kappa shape index (κ3) is 1.07. The predicted molar refractivity (Wildman–Crippen MR) is 55.9 cm³/mol. The first-order valence-electron chi connectivity index (χ1n) is 4.54. The Labute approximate surface area is 85.4 Å². The van der Waals surface area contributed by atoms with Crippen molar-refractivity contribution in [3.05, 3.63) is 26.5 Å². The van der Waals surface area contributed by atoms with Crippen LogP contribution in [0.1, 0.15) is 5.82 Å². The topological polar surface area (TPSA) is 61.8 Å². The zero-order chi connectivity index (χ0) is 11.3. The Hall–Kier alpha value is -1.85. The van der Waals surface area contributed by atoms with E-state index in [1.807, 2.05) is 0 Å². The molecule has 2 aromatic rings.